The van der Waals surface area contributed by atoms with Crippen LogP contribution in [0.5, 0.6) is 0 Å². The van der Waals surface area contributed by atoms with Crippen LogP contribution in [0.3, 0.4) is 0 Å². The summed E-state index contributed by atoms with van der Waals surface area (Å²) in [6, 6.07) is 0. The summed E-state index contributed by atoms with van der Waals surface area (Å²) in [6.07, 6.45) is -7.02. The molecule has 9 N–H and O–H groups in total. The second-order valence-electron chi connectivity index (χ2n) is 9.91. The number of nitrogens with two attached hydrogens (primary N) is 2. The number of phosphoric ester groups is 1. The Labute approximate surface area is 252 Å². The van der Waals surface area contributed by atoms with Crippen LogP contribution in [0.25, 0.3) is 22.3 Å². The first kappa shape index (κ1) is 31.6. The van der Waals surface area contributed by atoms with E-state index in [2.05, 4.69) is 29.9 Å². The van der Waals surface area contributed by atoms with E-state index in [4.69, 9.17) is 34.7 Å². The van der Waals surface area contributed by atoms with Gasteiger partial charge < -0.3 is 45.9 Å². The van der Waals surface area contributed by atoms with Gasteiger partial charge in [-0.25, -0.2) is 34.5 Å². The first-order valence-electron chi connectivity index (χ1n) is 13.0. The third-order valence-corrected chi connectivity index (χ3v) is 8.51. The summed E-state index contributed by atoms with van der Waals surface area (Å²) in [5.41, 5.74) is 12.4. The molecular formula is C21H27N10O12P2+. The Morgan fingerprint density at radius 2 is 1.47 bits per heavy atom. The van der Waals surface area contributed by atoms with Gasteiger partial charge in [0.15, 0.2) is 35.4 Å². The van der Waals surface area contributed by atoms with Crippen LogP contribution in [0.15, 0.2) is 25.3 Å². The van der Waals surface area contributed by atoms with Gasteiger partial charge >= 0.3 is 15.9 Å². The zero-order chi connectivity index (χ0) is 32.0. The highest BCUT2D eigenvalue weighted by Crippen LogP contribution is 2.50. The average Bonchev–Trinajstić information content (AvgIpc) is 3.76. The highest BCUT2D eigenvalue weighted by Gasteiger charge is 2.51. The van der Waals surface area contributed by atoms with Gasteiger partial charge in [0.2, 0.25) is 0 Å². The van der Waals surface area contributed by atoms with E-state index in [9.17, 15) is 34.2 Å². The molecule has 0 aromatic carbocycles. The summed E-state index contributed by atoms with van der Waals surface area (Å²) in [7, 11) is -7.87. The topological polar surface area (TPSA) is 321 Å². The van der Waals surface area contributed by atoms with E-state index >= 15 is 0 Å². The number of hydrogen-bond acceptors (Lipinski definition) is 18. The quantitative estimate of drug-likeness (QED) is 0.0840. The molecule has 0 saturated carbocycles. The van der Waals surface area contributed by atoms with E-state index < -0.39 is 84.5 Å². The van der Waals surface area contributed by atoms with E-state index in [0.29, 0.717) is 0 Å². The van der Waals surface area contributed by atoms with Crippen LogP contribution in [0.1, 0.15) is 12.5 Å². The minimum atomic E-state index is -5.08. The molecule has 24 heteroatoms. The van der Waals surface area contributed by atoms with E-state index in [0.717, 1.165) is 6.33 Å². The van der Waals surface area contributed by atoms with Crippen molar-refractivity contribution in [3.8, 4) is 0 Å². The normalized spacial score (nSPS) is 30.3. The number of nitrogen functional groups attached to an aromatic ring is 2. The van der Waals surface area contributed by atoms with Crippen molar-refractivity contribution in [3.63, 3.8) is 0 Å². The highest BCUT2D eigenvalue weighted by molar-refractivity contribution is 7.47. The van der Waals surface area contributed by atoms with Crippen molar-refractivity contribution in [1.82, 2.24) is 39.0 Å². The van der Waals surface area contributed by atoms with Gasteiger partial charge in [-0.3, -0.25) is 18.2 Å². The number of rotatable bonds is 11. The van der Waals surface area contributed by atoms with Crippen molar-refractivity contribution in [3.05, 3.63) is 25.3 Å². The molecule has 0 radical (unpaired) electrons. The molecule has 2 aliphatic heterocycles. The summed E-state index contributed by atoms with van der Waals surface area (Å²) in [6.45, 7) is -1.41. The Bertz CT molecular complexity index is 1760. The van der Waals surface area contributed by atoms with Crippen LogP contribution in [0, 0.1) is 0 Å². The molecule has 4 aromatic rings. The fourth-order valence-corrected chi connectivity index (χ4v) is 6.34. The monoisotopic (exact) mass is 673 g/mol. The Morgan fingerprint density at radius 3 is 2.04 bits per heavy atom. The lowest BCUT2D eigenvalue weighted by molar-refractivity contribution is -0.0649. The predicted octanol–water partition coefficient (Wildman–Crippen LogP) is -2.08. The SMILES string of the molecule is Nc1ncnc2c1ncn2[C@@H]1O[C@H](COP(=O)(O)O[C@H]2C(O)[C@@H](CO)O[C@H]2n2cnc3c(N)ncnc32)C(OC[P+](=O)O)[C@@H]1O. The van der Waals surface area contributed by atoms with E-state index in [1.807, 2.05) is 0 Å². The Kier molecular flexibility index (Phi) is 8.73. The van der Waals surface area contributed by atoms with E-state index in [1.54, 1.807) is 0 Å². The van der Waals surface area contributed by atoms with E-state index in [1.165, 1.54) is 28.1 Å². The van der Waals surface area contributed by atoms with Crippen LogP contribution in [-0.4, -0.2) is 120 Å². The number of nitrogens with zero attached hydrogens (tertiary/aromatic N) is 8. The molecule has 4 unspecified atom stereocenters. The lowest BCUT2D eigenvalue weighted by atomic mass is 10.1. The number of hydrogen-bond donors (Lipinski definition) is 7. The number of aliphatic hydroxyl groups is 3. The maximum absolute atomic E-state index is 13.2. The maximum atomic E-state index is 13.2. The third kappa shape index (κ3) is 5.99. The summed E-state index contributed by atoms with van der Waals surface area (Å²) in [5, 5.41) is 31.6. The van der Waals surface area contributed by atoms with Crippen molar-refractivity contribution in [2.45, 2.75) is 49.1 Å². The van der Waals surface area contributed by atoms with Crippen molar-refractivity contribution < 1.29 is 57.5 Å². The fraction of sp³-hybridized carbons (Fsp3) is 0.524. The molecule has 0 spiro atoms. The van der Waals surface area contributed by atoms with E-state index in [-0.39, 0.29) is 34.0 Å². The first-order valence-corrected chi connectivity index (χ1v) is 15.9. The fourth-order valence-electron chi connectivity index (χ4n) is 5.11. The third-order valence-electron chi connectivity index (χ3n) is 7.16. The number of aromatic nitrogens is 8. The van der Waals surface area contributed by atoms with Crippen molar-refractivity contribution in [2.75, 3.05) is 31.0 Å². The maximum Gasteiger partial charge on any atom is 0.534 e. The predicted molar refractivity (Wildman–Crippen MR) is 147 cm³/mol. The number of ether oxygens (including phenoxy) is 3. The zero-order valence-electron chi connectivity index (χ0n) is 22.8. The summed E-state index contributed by atoms with van der Waals surface area (Å²) in [5.74, 6) is 0.109. The van der Waals surface area contributed by atoms with Crippen molar-refractivity contribution in [2.24, 2.45) is 0 Å². The van der Waals surface area contributed by atoms with Crippen molar-refractivity contribution >= 4 is 49.8 Å². The van der Waals surface area contributed by atoms with Crippen LogP contribution in [-0.2, 0) is 32.4 Å². The molecule has 10 atom stereocenters. The van der Waals surface area contributed by atoms with Crippen LogP contribution in [0.4, 0.5) is 11.6 Å². The van der Waals surface area contributed by atoms with Crippen LogP contribution < -0.4 is 11.5 Å². The number of aliphatic hydroxyl groups excluding tert-OH is 3. The van der Waals surface area contributed by atoms with Crippen LogP contribution >= 0.6 is 15.9 Å². The molecule has 242 valence electrons. The van der Waals surface area contributed by atoms with Gasteiger partial charge in [0.1, 0.15) is 60.3 Å². The molecule has 4 aromatic heterocycles. The van der Waals surface area contributed by atoms with Crippen molar-refractivity contribution in [1.29, 1.82) is 0 Å². The number of anilines is 2. The molecule has 2 fully saturated rings. The van der Waals surface area contributed by atoms with Gasteiger partial charge in [-0.15, -0.1) is 0 Å². The van der Waals surface area contributed by atoms with Crippen LogP contribution in [0.2, 0.25) is 0 Å². The second kappa shape index (κ2) is 12.4. The van der Waals surface area contributed by atoms with Gasteiger partial charge in [0.25, 0.3) is 6.35 Å². The minimum absolute atomic E-state index is 0.0452. The molecule has 6 heterocycles. The Morgan fingerprint density at radius 1 is 0.889 bits per heavy atom. The Hall–Kier alpha value is -3.37. The highest BCUT2D eigenvalue weighted by atomic mass is 31.2. The Balaban J connectivity index is 1.21. The average molecular weight is 673 g/mol. The molecule has 2 aliphatic rings. The molecule has 45 heavy (non-hydrogen) atoms. The summed E-state index contributed by atoms with van der Waals surface area (Å²) in [4.78, 5) is 44.1. The standard InChI is InChI=1S/C21H26N10O12P2/c22-16-10-18(26-3-24-16)30(5-28-10)20-13(34)14(39-7-44(35)36)9(42-20)2-40-45(37,38)43-15-12(33)8(1-32)41-21(15)31-6-29-11-17(23)25-4-27-19(11)31/h3-6,8-9,12-15,20-21,32-34H,1-2,7H2,(H5-,22,23,24,25,26,27,35,36,37,38)/p+1/t8-,9-,12?,13+,14?,15+,20-,21-/m1/s1. The molecule has 22 nitrogen and oxygen atoms in total. The summed E-state index contributed by atoms with van der Waals surface area (Å²) >= 11 is 0. The van der Waals surface area contributed by atoms with Gasteiger partial charge in [0, 0.05) is 0 Å². The molecular weight excluding hydrogens is 646 g/mol. The minimum Gasteiger partial charge on any atom is -0.394 e. The number of phosphoric acid groups is 1. The zero-order valence-corrected chi connectivity index (χ0v) is 24.6. The molecule has 6 rings (SSSR count). The summed E-state index contributed by atoms with van der Waals surface area (Å²) < 4.78 is 54.7. The number of fused-ring (bicyclic) bond motifs is 2. The van der Waals surface area contributed by atoms with Gasteiger partial charge in [-0.1, -0.05) is 0 Å². The molecule has 0 bridgehead atoms. The lowest BCUT2D eigenvalue weighted by Crippen LogP contribution is -2.37. The van der Waals surface area contributed by atoms with Gasteiger partial charge in [-0.05, 0) is 4.57 Å². The molecule has 0 aliphatic carbocycles. The second-order valence-corrected chi connectivity index (χ2v) is 12.3. The van der Waals surface area contributed by atoms with Gasteiger partial charge in [-0.2, -0.15) is 4.89 Å². The lowest BCUT2D eigenvalue weighted by Gasteiger charge is -2.25. The van der Waals surface area contributed by atoms with Gasteiger partial charge in [0.05, 0.1) is 25.9 Å². The smallest absolute Gasteiger partial charge is 0.394 e. The first-order chi connectivity index (χ1) is 21.5. The molecule has 2 saturated heterocycles. The largest absolute Gasteiger partial charge is 0.534 e. The molecule has 0 amide bonds. The number of imidazole rings is 2.